The second kappa shape index (κ2) is 5.41. The Morgan fingerprint density at radius 1 is 1.56 bits per heavy atom. The zero-order valence-corrected chi connectivity index (χ0v) is 12.3. The first-order valence-electron chi connectivity index (χ1n) is 6.11. The lowest BCUT2D eigenvalue weighted by molar-refractivity contribution is -0.126. The molecule has 1 aromatic carbocycles. The molecule has 4 heteroatoms. The predicted molar refractivity (Wildman–Crippen MR) is 75.0 cm³/mol. The smallest absolute Gasteiger partial charge is 0.144 e. The molecule has 0 bridgehead atoms. The van der Waals surface area contributed by atoms with Crippen molar-refractivity contribution in [1.29, 1.82) is 0 Å². The highest BCUT2D eigenvalue weighted by molar-refractivity contribution is 9.10. The van der Waals surface area contributed by atoms with Crippen LogP contribution in [-0.4, -0.2) is 26.0 Å². The molecule has 1 atom stereocenters. The van der Waals surface area contributed by atoms with Crippen LogP contribution in [0.4, 0.5) is 0 Å². The van der Waals surface area contributed by atoms with Gasteiger partial charge >= 0.3 is 0 Å². The minimum Gasteiger partial charge on any atom is -0.497 e. The average molecular weight is 312 g/mol. The minimum atomic E-state index is -0.220. The molecule has 1 N–H and O–H groups in total. The van der Waals surface area contributed by atoms with E-state index >= 15 is 0 Å². The minimum absolute atomic E-state index is 0.220. The maximum absolute atomic E-state index is 12.4. The number of Topliss-reactive ketones (excluding diaryl/α,β-unsaturated/α-hetero) is 1. The van der Waals surface area contributed by atoms with E-state index in [0.717, 1.165) is 35.3 Å². The van der Waals surface area contributed by atoms with Gasteiger partial charge in [0.15, 0.2) is 0 Å². The van der Waals surface area contributed by atoms with E-state index in [1.807, 2.05) is 25.1 Å². The maximum Gasteiger partial charge on any atom is 0.144 e. The fraction of sp³-hybridized carbons (Fsp3) is 0.500. The average Bonchev–Trinajstić information content (AvgIpc) is 2.80. The normalized spacial score (nSPS) is 23.1. The zero-order chi connectivity index (χ0) is 13.2. The van der Waals surface area contributed by atoms with Gasteiger partial charge in [-0.25, -0.2) is 0 Å². The molecule has 0 aromatic heterocycles. The van der Waals surface area contributed by atoms with Crippen molar-refractivity contribution in [3.05, 3.63) is 28.2 Å². The third kappa shape index (κ3) is 2.75. The Labute approximate surface area is 116 Å². The Kier molecular flexibility index (Phi) is 4.07. The van der Waals surface area contributed by atoms with Crippen molar-refractivity contribution in [2.75, 3.05) is 20.2 Å². The first-order valence-corrected chi connectivity index (χ1v) is 6.91. The quantitative estimate of drug-likeness (QED) is 0.929. The highest BCUT2D eigenvalue weighted by Gasteiger charge is 2.35. The van der Waals surface area contributed by atoms with Gasteiger partial charge in [-0.15, -0.1) is 0 Å². The summed E-state index contributed by atoms with van der Waals surface area (Å²) in [6.07, 6.45) is 1.38. The van der Waals surface area contributed by atoms with Crippen LogP contribution in [0.5, 0.6) is 5.75 Å². The lowest BCUT2D eigenvalue weighted by Gasteiger charge is -2.21. The van der Waals surface area contributed by atoms with Gasteiger partial charge in [-0.05, 0) is 36.7 Å². The molecule has 0 spiro atoms. The van der Waals surface area contributed by atoms with Gasteiger partial charge in [0, 0.05) is 22.9 Å². The molecule has 18 heavy (non-hydrogen) atoms. The summed E-state index contributed by atoms with van der Waals surface area (Å²) in [5.74, 6) is 1.08. The first kappa shape index (κ1) is 13.6. The van der Waals surface area contributed by atoms with Crippen LogP contribution in [0.1, 0.15) is 18.9 Å². The van der Waals surface area contributed by atoms with Gasteiger partial charge in [-0.3, -0.25) is 4.79 Å². The van der Waals surface area contributed by atoms with E-state index in [0.29, 0.717) is 12.2 Å². The van der Waals surface area contributed by atoms with Gasteiger partial charge in [0.05, 0.1) is 7.11 Å². The van der Waals surface area contributed by atoms with Crippen molar-refractivity contribution in [3.63, 3.8) is 0 Å². The molecule has 2 rings (SSSR count). The van der Waals surface area contributed by atoms with Crippen molar-refractivity contribution >= 4 is 21.7 Å². The molecule has 1 aliphatic heterocycles. The highest BCUT2D eigenvalue weighted by atomic mass is 79.9. The molecule has 1 aromatic rings. The van der Waals surface area contributed by atoms with Gasteiger partial charge in [0.25, 0.3) is 0 Å². The van der Waals surface area contributed by atoms with E-state index in [9.17, 15) is 4.79 Å². The molecule has 0 aliphatic carbocycles. The van der Waals surface area contributed by atoms with E-state index in [2.05, 4.69) is 21.2 Å². The number of benzene rings is 1. The SMILES string of the molecule is COc1ccc(Br)c(CC(=O)C2(C)CCNC2)c1. The Morgan fingerprint density at radius 2 is 2.33 bits per heavy atom. The Morgan fingerprint density at radius 3 is 2.94 bits per heavy atom. The van der Waals surface area contributed by atoms with Crippen LogP contribution in [0.25, 0.3) is 0 Å². The van der Waals surface area contributed by atoms with E-state index in [1.54, 1.807) is 7.11 Å². The maximum atomic E-state index is 12.4. The van der Waals surface area contributed by atoms with E-state index in [1.165, 1.54) is 0 Å². The molecule has 1 unspecified atom stereocenters. The summed E-state index contributed by atoms with van der Waals surface area (Å²) in [7, 11) is 1.64. The molecule has 0 amide bonds. The summed E-state index contributed by atoms with van der Waals surface area (Å²) in [5.41, 5.74) is 0.773. The van der Waals surface area contributed by atoms with Crippen molar-refractivity contribution in [2.24, 2.45) is 5.41 Å². The monoisotopic (exact) mass is 311 g/mol. The molecule has 0 radical (unpaired) electrons. The summed E-state index contributed by atoms with van der Waals surface area (Å²) in [5, 5.41) is 3.26. The highest BCUT2D eigenvalue weighted by Crippen LogP contribution is 2.30. The Balaban J connectivity index is 2.16. The topological polar surface area (TPSA) is 38.3 Å². The van der Waals surface area contributed by atoms with Crippen LogP contribution < -0.4 is 10.1 Å². The van der Waals surface area contributed by atoms with Crippen LogP contribution in [-0.2, 0) is 11.2 Å². The Bertz CT molecular complexity index is 453. The Hall–Kier alpha value is -0.870. The van der Waals surface area contributed by atoms with E-state index in [4.69, 9.17) is 4.74 Å². The van der Waals surface area contributed by atoms with Crippen LogP contribution in [0, 0.1) is 5.41 Å². The van der Waals surface area contributed by atoms with Crippen molar-refractivity contribution in [2.45, 2.75) is 19.8 Å². The fourth-order valence-electron chi connectivity index (χ4n) is 2.25. The van der Waals surface area contributed by atoms with Crippen molar-refractivity contribution < 1.29 is 9.53 Å². The molecule has 98 valence electrons. The molecular weight excluding hydrogens is 294 g/mol. The number of ketones is 1. The number of carbonyl (C=O) groups is 1. The number of methoxy groups -OCH3 is 1. The summed E-state index contributed by atoms with van der Waals surface area (Å²) < 4.78 is 6.16. The first-order chi connectivity index (χ1) is 8.55. The molecular formula is C14H18BrNO2. The lowest BCUT2D eigenvalue weighted by Crippen LogP contribution is -2.31. The van der Waals surface area contributed by atoms with E-state index < -0.39 is 0 Å². The molecule has 1 fully saturated rings. The number of hydrogen-bond donors (Lipinski definition) is 1. The summed E-state index contributed by atoms with van der Waals surface area (Å²) >= 11 is 3.49. The van der Waals surface area contributed by atoms with Crippen LogP contribution >= 0.6 is 15.9 Å². The van der Waals surface area contributed by atoms with Gasteiger partial charge in [0.2, 0.25) is 0 Å². The number of nitrogens with one attached hydrogen (secondary N) is 1. The van der Waals surface area contributed by atoms with Crippen LogP contribution in [0.3, 0.4) is 0 Å². The lowest BCUT2D eigenvalue weighted by atomic mass is 9.82. The number of halogens is 1. The van der Waals surface area contributed by atoms with E-state index in [-0.39, 0.29) is 5.41 Å². The third-order valence-electron chi connectivity index (χ3n) is 3.65. The molecule has 1 saturated heterocycles. The third-order valence-corrected chi connectivity index (χ3v) is 4.42. The number of carbonyl (C=O) groups excluding carboxylic acids is 1. The van der Waals surface area contributed by atoms with Gasteiger partial charge in [0.1, 0.15) is 11.5 Å². The fourth-order valence-corrected chi connectivity index (χ4v) is 2.64. The largest absolute Gasteiger partial charge is 0.497 e. The summed E-state index contributed by atoms with van der Waals surface area (Å²) in [6, 6.07) is 5.74. The second-order valence-electron chi connectivity index (χ2n) is 5.04. The zero-order valence-electron chi connectivity index (χ0n) is 10.8. The summed E-state index contributed by atoms with van der Waals surface area (Å²) in [6.45, 7) is 3.76. The molecule has 1 aliphatic rings. The molecule has 1 heterocycles. The van der Waals surface area contributed by atoms with Gasteiger partial charge in [-0.2, -0.15) is 0 Å². The number of rotatable bonds is 4. The van der Waals surface area contributed by atoms with Crippen LogP contribution in [0.15, 0.2) is 22.7 Å². The standard InChI is InChI=1S/C14H18BrNO2/c1-14(5-6-16-9-14)13(17)8-10-7-11(18-2)3-4-12(10)15/h3-4,7,16H,5-6,8-9H2,1-2H3. The predicted octanol–water partition coefficient (Wildman–Crippen LogP) is 2.57. The van der Waals surface area contributed by atoms with Gasteiger partial charge < -0.3 is 10.1 Å². The number of hydrogen-bond acceptors (Lipinski definition) is 3. The second-order valence-corrected chi connectivity index (χ2v) is 5.90. The molecule has 3 nitrogen and oxygen atoms in total. The summed E-state index contributed by atoms with van der Waals surface area (Å²) in [4.78, 5) is 12.4. The van der Waals surface area contributed by atoms with Gasteiger partial charge in [-0.1, -0.05) is 22.9 Å². The molecule has 0 saturated carbocycles. The number of ether oxygens (including phenoxy) is 1. The van der Waals surface area contributed by atoms with Crippen LogP contribution in [0.2, 0.25) is 0 Å². The van der Waals surface area contributed by atoms with Crippen molar-refractivity contribution in [3.8, 4) is 5.75 Å². The van der Waals surface area contributed by atoms with Crippen molar-refractivity contribution in [1.82, 2.24) is 5.32 Å².